The van der Waals surface area contributed by atoms with Crippen molar-refractivity contribution in [1.29, 1.82) is 5.26 Å². The molecule has 1 aromatic carbocycles. The van der Waals surface area contributed by atoms with Gasteiger partial charge in [-0.25, -0.2) is 13.1 Å². The molecule has 4 nitrogen and oxygen atoms in total. The van der Waals surface area contributed by atoms with Crippen LogP contribution in [0.1, 0.15) is 38.3 Å². The second-order valence-corrected chi connectivity index (χ2v) is 6.55. The molecule has 0 aliphatic carbocycles. The third-order valence-corrected chi connectivity index (χ3v) is 4.67. The maximum Gasteiger partial charge on any atom is 0.242 e. The van der Waals surface area contributed by atoms with Crippen LogP contribution in [-0.4, -0.2) is 14.0 Å². The van der Waals surface area contributed by atoms with Crippen LogP contribution in [0.25, 0.3) is 0 Å². The van der Waals surface area contributed by atoms with Crippen molar-refractivity contribution >= 4 is 10.0 Å². The predicted octanol–water partition coefficient (Wildman–Crippen LogP) is 2.33. The lowest BCUT2D eigenvalue weighted by Crippen LogP contribution is -2.42. The van der Waals surface area contributed by atoms with E-state index in [-0.39, 0.29) is 10.5 Å². The van der Waals surface area contributed by atoms with Gasteiger partial charge >= 0.3 is 0 Å². The molecule has 0 spiro atoms. The molecule has 0 radical (unpaired) electrons. The second-order valence-electron chi connectivity index (χ2n) is 4.90. The summed E-state index contributed by atoms with van der Waals surface area (Å²) in [6, 6.07) is 6.78. The van der Waals surface area contributed by atoms with Crippen LogP contribution in [0.5, 0.6) is 0 Å². The number of nitriles is 1. The van der Waals surface area contributed by atoms with Crippen molar-refractivity contribution in [2.75, 3.05) is 0 Å². The van der Waals surface area contributed by atoms with E-state index in [0.29, 0.717) is 12.0 Å². The molecule has 0 atom stereocenters. The van der Waals surface area contributed by atoms with Crippen LogP contribution in [0, 0.1) is 18.3 Å². The maximum absolute atomic E-state index is 12.3. The second kappa shape index (κ2) is 5.09. The van der Waals surface area contributed by atoms with Crippen molar-refractivity contribution in [3.63, 3.8) is 0 Å². The Morgan fingerprint density at radius 2 is 2.00 bits per heavy atom. The number of hydrogen-bond acceptors (Lipinski definition) is 3. The topological polar surface area (TPSA) is 70.0 Å². The van der Waals surface area contributed by atoms with Gasteiger partial charge in [0.05, 0.1) is 5.56 Å². The van der Waals surface area contributed by atoms with E-state index in [1.165, 1.54) is 6.07 Å². The molecule has 1 N–H and O–H groups in total. The highest BCUT2D eigenvalue weighted by molar-refractivity contribution is 7.89. The van der Waals surface area contributed by atoms with Crippen LogP contribution in [-0.2, 0) is 10.0 Å². The minimum atomic E-state index is -3.67. The molecule has 0 aliphatic heterocycles. The van der Waals surface area contributed by atoms with Gasteiger partial charge in [0.2, 0.25) is 10.0 Å². The van der Waals surface area contributed by atoms with Gasteiger partial charge in [-0.15, -0.1) is 0 Å². The molecule has 0 heterocycles. The summed E-state index contributed by atoms with van der Waals surface area (Å²) in [6.45, 7) is 7.26. The molecule has 5 heteroatoms. The highest BCUT2D eigenvalue weighted by Gasteiger charge is 2.26. The minimum absolute atomic E-state index is 0.0477. The number of sulfonamides is 1. The van der Waals surface area contributed by atoms with E-state index in [1.807, 2.05) is 26.8 Å². The van der Waals surface area contributed by atoms with Crippen molar-refractivity contribution in [2.45, 2.75) is 44.6 Å². The first kappa shape index (κ1) is 14.7. The summed E-state index contributed by atoms with van der Waals surface area (Å²) in [5.41, 5.74) is 0.335. The average Bonchev–Trinajstić information content (AvgIpc) is 2.27. The van der Waals surface area contributed by atoms with Gasteiger partial charge < -0.3 is 0 Å². The molecule has 0 unspecified atom stereocenters. The van der Waals surface area contributed by atoms with E-state index in [9.17, 15) is 8.42 Å². The molecule has 0 saturated carbocycles. The van der Waals surface area contributed by atoms with Gasteiger partial charge in [0, 0.05) is 5.54 Å². The van der Waals surface area contributed by atoms with E-state index >= 15 is 0 Å². The first-order chi connectivity index (χ1) is 8.23. The zero-order valence-corrected chi connectivity index (χ0v) is 11.9. The fourth-order valence-corrected chi connectivity index (χ4v) is 3.21. The van der Waals surface area contributed by atoms with E-state index in [0.717, 1.165) is 0 Å². The molecule has 1 rings (SSSR count). The van der Waals surface area contributed by atoms with Crippen molar-refractivity contribution < 1.29 is 8.42 Å². The Morgan fingerprint density at radius 1 is 1.39 bits per heavy atom. The lowest BCUT2D eigenvalue weighted by Gasteiger charge is -2.24. The standard InChI is InChI=1S/C13H18N2O2S/c1-5-13(3,4)15-18(16,17)12-8-6-7-10(2)11(12)9-14/h6-8,15H,5H2,1-4H3. The monoisotopic (exact) mass is 266 g/mol. The van der Waals surface area contributed by atoms with Crippen LogP contribution >= 0.6 is 0 Å². The fraction of sp³-hybridized carbons (Fsp3) is 0.462. The van der Waals surface area contributed by atoms with E-state index in [2.05, 4.69) is 4.72 Å². The Bertz CT molecular complexity index is 583. The number of aryl methyl sites for hydroxylation is 1. The molecule has 0 fully saturated rings. The zero-order chi connectivity index (χ0) is 14.0. The van der Waals surface area contributed by atoms with Crippen LogP contribution in [0.4, 0.5) is 0 Å². The molecular formula is C13H18N2O2S. The molecule has 0 aliphatic rings. The highest BCUT2D eigenvalue weighted by Crippen LogP contribution is 2.21. The summed E-state index contributed by atoms with van der Waals surface area (Å²) in [5, 5.41) is 9.08. The molecule has 18 heavy (non-hydrogen) atoms. The summed E-state index contributed by atoms with van der Waals surface area (Å²) in [6.07, 6.45) is 0.667. The maximum atomic E-state index is 12.3. The van der Waals surface area contributed by atoms with Gasteiger partial charge in [0.15, 0.2) is 0 Å². The first-order valence-corrected chi connectivity index (χ1v) is 7.25. The lowest BCUT2D eigenvalue weighted by molar-refractivity contribution is 0.439. The minimum Gasteiger partial charge on any atom is -0.207 e. The van der Waals surface area contributed by atoms with Gasteiger partial charge in [-0.3, -0.25) is 0 Å². The summed E-state index contributed by atoms with van der Waals surface area (Å²) in [7, 11) is -3.67. The third kappa shape index (κ3) is 3.09. The molecule has 1 aromatic rings. The van der Waals surface area contributed by atoms with Gasteiger partial charge in [0.25, 0.3) is 0 Å². The van der Waals surface area contributed by atoms with Crippen molar-refractivity contribution in [3.8, 4) is 6.07 Å². The van der Waals surface area contributed by atoms with Crippen LogP contribution in [0.3, 0.4) is 0 Å². The Balaban J connectivity index is 3.31. The highest BCUT2D eigenvalue weighted by atomic mass is 32.2. The van der Waals surface area contributed by atoms with E-state index in [1.54, 1.807) is 19.1 Å². The number of benzene rings is 1. The third-order valence-electron chi connectivity index (χ3n) is 2.93. The van der Waals surface area contributed by atoms with Crippen molar-refractivity contribution in [1.82, 2.24) is 4.72 Å². The molecular weight excluding hydrogens is 248 g/mol. The number of rotatable bonds is 4. The summed E-state index contributed by atoms with van der Waals surface area (Å²) in [5.74, 6) is 0. The predicted molar refractivity (Wildman–Crippen MR) is 70.6 cm³/mol. The smallest absolute Gasteiger partial charge is 0.207 e. The molecule has 98 valence electrons. The average molecular weight is 266 g/mol. The molecule has 0 saturated heterocycles. The van der Waals surface area contributed by atoms with Crippen molar-refractivity contribution in [3.05, 3.63) is 29.3 Å². The van der Waals surface area contributed by atoms with Crippen LogP contribution in [0.15, 0.2) is 23.1 Å². The Hall–Kier alpha value is -1.38. The SMILES string of the molecule is CCC(C)(C)NS(=O)(=O)c1cccc(C)c1C#N. The van der Waals surface area contributed by atoms with E-state index < -0.39 is 15.6 Å². The van der Waals surface area contributed by atoms with Gasteiger partial charge in [0.1, 0.15) is 11.0 Å². The Labute approximate surface area is 109 Å². The summed E-state index contributed by atoms with van der Waals surface area (Å²) < 4.78 is 27.2. The van der Waals surface area contributed by atoms with Gasteiger partial charge in [-0.1, -0.05) is 19.1 Å². The fourth-order valence-electron chi connectivity index (χ4n) is 1.50. The van der Waals surface area contributed by atoms with Gasteiger partial charge in [-0.2, -0.15) is 5.26 Å². The number of hydrogen-bond donors (Lipinski definition) is 1. The molecule has 0 bridgehead atoms. The zero-order valence-electron chi connectivity index (χ0n) is 11.1. The Morgan fingerprint density at radius 3 is 2.50 bits per heavy atom. The lowest BCUT2D eigenvalue weighted by atomic mass is 10.0. The van der Waals surface area contributed by atoms with E-state index in [4.69, 9.17) is 5.26 Å². The quantitative estimate of drug-likeness (QED) is 0.909. The Kier molecular flexibility index (Phi) is 4.15. The number of nitrogens with zero attached hydrogens (tertiary/aromatic N) is 1. The van der Waals surface area contributed by atoms with Gasteiger partial charge in [-0.05, 0) is 38.8 Å². The van der Waals surface area contributed by atoms with Crippen LogP contribution in [0.2, 0.25) is 0 Å². The van der Waals surface area contributed by atoms with Crippen LogP contribution < -0.4 is 4.72 Å². The largest absolute Gasteiger partial charge is 0.242 e. The first-order valence-electron chi connectivity index (χ1n) is 5.77. The normalized spacial score (nSPS) is 12.2. The number of nitrogens with one attached hydrogen (secondary N) is 1. The molecule has 0 amide bonds. The van der Waals surface area contributed by atoms with Crippen molar-refractivity contribution in [2.24, 2.45) is 0 Å². The summed E-state index contributed by atoms with van der Waals surface area (Å²) >= 11 is 0. The summed E-state index contributed by atoms with van der Waals surface area (Å²) in [4.78, 5) is 0.0477. The molecule has 0 aromatic heterocycles.